The molecule has 1 aromatic rings. The van der Waals surface area contributed by atoms with Crippen molar-refractivity contribution in [3.05, 3.63) is 36.9 Å². The van der Waals surface area contributed by atoms with Gasteiger partial charge in [0, 0.05) is 6.08 Å². The number of rotatable bonds is 8. The van der Waals surface area contributed by atoms with Crippen LogP contribution in [0.4, 0.5) is 0 Å². The number of phenols is 1. The summed E-state index contributed by atoms with van der Waals surface area (Å²) in [6, 6.07) is 5.48. The highest BCUT2D eigenvalue weighted by molar-refractivity contribution is 7.91. The van der Waals surface area contributed by atoms with E-state index in [0.29, 0.717) is 19.3 Å². The third-order valence-corrected chi connectivity index (χ3v) is 4.77. The molecule has 1 aromatic carbocycles. The van der Waals surface area contributed by atoms with E-state index in [1.54, 1.807) is 6.92 Å². The molecule has 0 aliphatic rings. The van der Waals surface area contributed by atoms with Gasteiger partial charge >= 0.3 is 5.97 Å². The molecule has 1 atom stereocenters. The van der Waals surface area contributed by atoms with Gasteiger partial charge in [0.15, 0.2) is 9.84 Å². The molecule has 0 saturated heterocycles. The molecular weight excluding hydrogens is 292 g/mol. The Kier molecular flexibility index (Phi) is 6.42. The molecule has 5 nitrogen and oxygen atoms in total. The third kappa shape index (κ3) is 5.99. The van der Waals surface area contributed by atoms with Crippen molar-refractivity contribution in [3.63, 3.8) is 0 Å². The summed E-state index contributed by atoms with van der Waals surface area (Å²) in [6.45, 7) is 5.07. The minimum absolute atomic E-state index is 0.0277. The number of benzene rings is 1. The number of carbonyl (C=O) groups excluding carboxylic acids is 1. The van der Waals surface area contributed by atoms with E-state index in [2.05, 4.69) is 6.58 Å². The first-order valence-corrected chi connectivity index (χ1v) is 8.35. The van der Waals surface area contributed by atoms with Crippen molar-refractivity contribution in [3.8, 4) is 5.75 Å². The number of sulfone groups is 1. The molecule has 1 unspecified atom stereocenters. The summed E-state index contributed by atoms with van der Waals surface area (Å²) in [5, 5.41) is 9.15. The number of unbranched alkanes of at least 4 members (excludes halogenated alkanes) is 1. The number of phenolic OH excluding ortho intramolecular Hbond substituents is 1. The predicted octanol–water partition coefficient (Wildman–Crippen LogP) is 2.45. The molecule has 6 heteroatoms. The van der Waals surface area contributed by atoms with Gasteiger partial charge in [0.1, 0.15) is 5.75 Å². The highest BCUT2D eigenvalue weighted by Crippen LogP contribution is 2.17. The summed E-state index contributed by atoms with van der Waals surface area (Å²) in [5.41, 5.74) is 0. The van der Waals surface area contributed by atoms with E-state index in [9.17, 15) is 13.2 Å². The van der Waals surface area contributed by atoms with Gasteiger partial charge in [0.05, 0.1) is 16.8 Å². The predicted molar refractivity (Wildman–Crippen MR) is 79.8 cm³/mol. The zero-order chi connectivity index (χ0) is 15.9. The van der Waals surface area contributed by atoms with Gasteiger partial charge < -0.3 is 9.84 Å². The lowest BCUT2D eigenvalue weighted by Crippen LogP contribution is -2.13. The summed E-state index contributed by atoms with van der Waals surface area (Å²) in [7, 11) is -3.34. The summed E-state index contributed by atoms with van der Waals surface area (Å²) < 4.78 is 29.1. The van der Waals surface area contributed by atoms with E-state index in [1.165, 1.54) is 24.3 Å². The van der Waals surface area contributed by atoms with E-state index < -0.39 is 15.8 Å². The van der Waals surface area contributed by atoms with Crippen LogP contribution < -0.4 is 0 Å². The minimum Gasteiger partial charge on any atom is -0.508 e. The molecule has 0 bridgehead atoms. The Bertz CT molecular complexity index is 575. The number of esters is 1. The van der Waals surface area contributed by atoms with E-state index in [1.807, 2.05) is 0 Å². The molecule has 0 aromatic heterocycles. The standard InChI is InChI=1S/C15H20O5S/c1-3-15(17)20-12(2)6-4-5-11-21(18,19)14-9-7-13(16)8-10-14/h3,7-10,12,16H,1,4-6,11H2,2H3. The first kappa shape index (κ1) is 17.2. The van der Waals surface area contributed by atoms with Crippen LogP contribution in [0.3, 0.4) is 0 Å². The van der Waals surface area contributed by atoms with Gasteiger partial charge in [0.25, 0.3) is 0 Å². The van der Waals surface area contributed by atoms with Crippen molar-refractivity contribution in [1.29, 1.82) is 0 Å². The van der Waals surface area contributed by atoms with Crippen LogP contribution >= 0.6 is 0 Å². The lowest BCUT2D eigenvalue weighted by atomic mass is 10.2. The maximum absolute atomic E-state index is 12.0. The number of hydrogen-bond acceptors (Lipinski definition) is 5. The van der Waals surface area contributed by atoms with Gasteiger partial charge in [-0.1, -0.05) is 6.58 Å². The van der Waals surface area contributed by atoms with E-state index in [4.69, 9.17) is 9.84 Å². The summed E-state index contributed by atoms with van der Waals surface area (Å²) in [6.07, 6.45) is 2.57. The fourth-order valence-corrected chi connectivity index (χ4v) is 3.17. The van der Waals surface area contributed by atoms with Crippen LogP contribution in [0.25, 0.3) is 0 Å². The summed E-state index contributed by atoms with van der Waals surface area (Å²) >= 11 is 0. The fraction of sp³-hybridized carbons (Fsp3) is 0.400. The first-order chi connectivity index (χ1) is 9.85. The smallest absolute Gasteiger partial charge is 0.330 e. The van der Waals surface area contributed by atoms with Crippen LogP contribution in [-0.4, -0.2) is 31.4 Å². The van der Waals surface area contributed by atoms with Crippen LogP contribution in [0.15, 0.2) is 41.8 Å². The molecule has 116 valence electrons. The molecule has 1 N–H and O–H groups in total. The molecule has 21 heavy (non-hydrogen) atoms. The number of carbonyl (C=O) groups is 1. The Balaban J connectivity index is 2.39. The van der Waals surface area contributed by atoms with Crippen LogP contribution in [0.1, 0.15) is 26.2 Å². The lowest BCUT2D eigenvalue weighted by Gasteiger charge is -2.11. The molecule has 0 amide bonds. The average molecular weight is 312 g/mol. The number of ether oxygens (including phenoxy) is 1. The van der Waals surface area contributed by atoms with Crippen LogP contribution in [0, 0.1) is 0 Å². The topological polar surface area (TPSA) is 80.7 Å². The Morgan fingerprint density at radius 2 is 1.95 bits per heavy atom. The highest BCUT2D eigenvalue weighted by Gasteiger charge is 2.14. The monoisotopic (exact) mass is 312 g/mol. The Morgan fingerprint density at radius 3 is 2.52 bits per heavy atom. The molecular formula is C15H20O5S. The van der Waals surface area contributed by atoms with Crippen LogP contribution in [0.2, 0.25) is 0 Å². The second kappa shape index (κ2) is 7.83. The normalized spacial score (nSPS) is 12.6. The van der Waals surface area contributed by atoms with E-state index in [0.717, 1.165) is 6.08 Å². The Hall–Kier alpha value is -1.82. The zero-order valence-corrected chi connectivity index (χ0v) is 12.8. The van der Waals surface area contributed by atoms with Crippen molar-refractivity contribution >= 4 is 15.8 Å². The van der Waals surface area contributed by atoms with Crippen molar-refractivity contribution in [1.82, 2.24) is 0 Å². The third-order valence-electron chi connectivity index (χ3n) is 2.95. The minimum atomic E-state index is -3.34. The zero-order valence-electron chi connectivity index (χ0n) is 12.0. The molecule has 0 heterocycles. The average Bonchev–Trinajstić information content (AvgIpc) is 2.44. The Morgan fingerprint density at radius 1 is 1.33 bits per heavy atom. The maximum Gasteiger partial charge on any atom is 0.330 e. The molecule has 0 aliphatic carbocycles. The fourth-order valence-electron chi connectivity index (χ4n) is 1.80. The van der Waals surface area contributed by atoms with E-state index in [-0.39, 0.29) is 22.5 Å². The highest BCUT2D eigenvalue weighted by atomic mass is 32.2. The van der Waals surface area contributed by atoms with Crippen LogP contribution in [-0.2, 0) is 19.4 Å². The SMILES string of the molecule is C=CC(=O)OC(C)CCCCS(=O)(=O)c1ccc(O)cc1. The van der Waals surface area contributed by atoms with E-state index >= 15 is 0 Å². The van der Waals surface area contributed by atoms with Gasteiger partial charge in [-0.2, -0.15) is 0 Å². The second-order valence-corrected chi connectivity index (χ2v) is 6.87. The van der Waals surface area contributed by atoms with Gasteiger partial charge in [-0.3, -0.25) is 0 Å². The van der Waals surface area contributed by atoms with Gasteiger partial charge in [-0.05, 0) is 50.5 Å². The molecule has 1 rings (SSSR count). The first-order valence-electron chi connectivity index (χ1n) is 6.70. The maximum atomic E-state index is 12.0. The van der Waals surface area contributed by atoms with Gasteiger partial charge in [-0.25, -0.2) is 13.2 Å². The molecule has 0 radical (unpaired) electrons. The van der Waals surface area contributed by atoms with Gasteiger partial charge in [-0.15, -0.1) is 0 Å². The second-order valence-electron chi connectivity index (χ2n) is 4.76. The molecule has 0 spiro atoms. The summed E-state index contributed by atoms with van der Waals surface area (Å²) in [4.78, 5) is 11.2. The quantitative estimate of drug-likeness (QED) is 0.453. The largest absolute Gasteiger partial charge is 0.508 e. The Labute approximate surface area is 125 Å². The number of aromatic hydroxyl groups is 1. The van der Waals surface area contributed by atoms with Crippen molar-refractivity contribution in [2.75, 3.05) is 5.75 Å². The van der Waals surface area contributed by atoms with Crippen LogP contribution in [0.5, 0.6) is 5.75 Å². The summed E-state index contributed by atoms with van der Waals surface area (Å²) in [5.74, 6) is -0.411. The molecule has 0 fully saturated rings. The van der Waals surface area contributed by atoms with Crippen molar-refractivity contribution < 1.29 is 23.1 Å². The van der Waals surface area contributed by atoms with Gasteiger partial charge in [0.2, 0.25) is 0 Å². The molecule has 0 aliphatic heterocycles. The van der Waals surface area contributed by atoms with Crippen molar-refractivity contribution in [2.24, 2.45) is 0 Å². The number of hydrogen-bond donors (Lipinski definition) is 1. The van der Waals surface area contributed by atoms with Crippen molar-refractivity contribution in [2.45, 2.75) is 37.2 Å². The lowest BCUT2D eigenvalue weighted by molar-refractivity contribution is -0.142. The molecule has 0 saturated carbocycles.